The Balaban J connectivity index is 2.50. The summed E-state index contributed by atoms with van der Waals surface area (Å²) in [6, 6.07) is 2.68. The number of anilines is 1. The minimum Gasteiger partial charge on any atom is -0.465 e. The molecule has 1 unspecified atom stereocenters. The minimum atomic E-state index is -1.10. The van der Waals surface area contributed by atoms with E-state index in [-0.39, 0.29) is 12.3 Å². The molecule has 1 heterocycles. The highest BCUT2D eigenvalue weighted by Crippen LogP contribution is 2.40. The molecule has 0 aromatic heterocycles. The van der Waals surface area contributed by atoms with E-state index in [0.29, 0.717) is 10.0 Å². The summed E-state index contributed by atoms with van der Waals surface area (Å²) >= 11 is 3.20. The molecule has 0 fully saturated rings. The summed E-state index contributed by atoms with van der Waals surface area (Å²) in [5.41, 5.74) is 0.343. The molecule has 0 saturated carbocycles. The molecule has 1 aromatic carbocycles. The van der Waals surface area contributed by atoms with Crippen LogP contribution in [0.4, 0.5) is 10.1 Å². The number of hydrogen-bond acceptors (Lipinski definition) is 3. The predicted octanol–water partition coefficient (Wildman–Crippen LogP) is 2.19. The van der Waals surface area contributed by atoms with E-state index in [4.69, 9.17) is 4.74 Å². The first-order valence-electron chi connectivity index (χ1n) is 5.01. The van der Waals surface area contributed by atoms with Gasteiger partial charge in [-0.05, 0) is 19.1 Å². The average Bonchev–Trinajstić information content (AvgIpc) is 2.63. The molecule has 0 radical (unpaired) electrons. The lowest BCUT2D eigenvalue weighted by Crippen LogP contribution is -2.23. The van der Waals surface area contributed by atoms with E-state index >= 15 is 0 Å². The maximum atomic E-state index is 13.5. The second kappa shape index (κ2) is 4.44. The third-order valence-corrected chi connectivity index (χ3v) is 3.15. The van der Waals surface area contributed by atoms with Crippen LogP contribution >= 0.6 is 15.9 Å². The van der Waals surface area contributed by atoms with Crippen LogP contribution in [0.15, 0.2) is 16.6 Å². The highest BCUT2D eigenvalue weighted by atomic mass is 79.9. The molecule has 0 aliphatic carbocycles. The number of benzene rings is 1. The van der Waals surface area contributed by atoms with Gasteiger partial charge in [-0.25, -0.2) is 4.39 Å². The second-order valence-corrected chi connectivity index (χ2v) is 4.35. The molecule has 1 amide bonds. The van der Waals surface area contributed by atoms with Gasteiger partial charge in [0.2, 0.25) is 5.91 Å². The van der Waals surface area contributed by atoms with Crippen LogP contribution in [0.1, 0.15) is 18.4 Å². The van der Waals surface area contributed by atoms with Crippen molar-refractivity contribution in [2.75, 3.05) is 11.9 Å². The first-order valence-corrected chi connectivity index (χ1v) is 5.81. The van der Waals surface area contributed by atoms with E-state index in [0.717, 1.165) is 0 Å². The number of amides is 1. The van der Waals surface area contributed by atoms with Crippen LogP contribution < -0.4 is 5.32 Å². The van der Waals surface area contributed by atoms with Crippen molar-refractivity contribution in [3.05, 3.63) is 28.0 Å². The first-order chi connectivity index (χ1) is 8.06. The molecule has 0 spiro atoms. The van der Waals surface area contributed by atoms with Crippen LogP contribution in [0.3, 0.4) is 0 Å². The van der Waals surface area contributed by atoms with Crippen molar-refractivity contribution < 1.29 is 18.7 Å². The molecular formula is C11H9BrFNO3. The maximum absolute atomic E-state index is 13.5. The number of carbonyl (C=O) groups is 2. The quantitative estimate of drug-likeness (QED) is 0.673. The Morgan fingerprint density at radius 2 is 2.29 bits per heavy atom. The molecule has 0 bridgehead atoms. The molecule has 1 N–H and O–H groups in total. The minimum absolute atomic E-state index is 0.0439. The van der Waals surface area contributed by atoms with Gasteiger partial charge in [0.05, 0.1) is 12.3 Å². The van der Waals surface area contributed by atoms with E-state index in [1.54, 1.807) is 6.92 Å². The molecule has 1 aromatic rings. The van der Waals surface area contributed by atoms with E-state index in [1.807, 2.05) is 0 Å². The van der Waals surface area contributed by atoms with Crippen molar-refractivity contribution in [3.8, 4) is 0 Å². The fraction of sp³-hybridized carbons (Fsp3) is 0.273. The van der Waals surface area contributed by atoms with Gasteiger partial charge in [-0.1, -0.05) is 15.9 Å². The molecule has 2 rings (SSSR count). The van der Waals surface area contributed by atoms with Gasteiger partial charge in [-0.3, -0.25) is 9.59 Å². The molecule has 0 saturated heterocycles. The van der Waals surface area contributed by atoms with Crippen molar-refractivity contribution in [1.82, 2.24) is 0 Å². The number of rotatable bonds is 2. The van der Waals surface area contributed by atoms with E-state index in [2.05, 4.69) is 21.2 Å². The molecule has 1 aliphatic heterocycles. The SMILES string of the molecule is CCOC(=O)C1C(=O)Nc2c(F)ccc(Br)c21. The normalized spacial score (nSPS) is 17.6. The van der Waals surface area contributed by atoms with Gasteiger partial charge >= 0.3 is 5.97 Å². The Bertz CT molecular complexity index is 504. The van der Waals surface area contributed by atoms with Crippen LogP contribution in [0.5, 0.6) is 0 Å². The van der Waals surface area contributed by atoms with Crippen molar-refractivity contribution in [3.63, 3.8) is 0 Å². The molecule has 6 heteroatoms. The number of nitrogens with one attached hydrogen (secondary N) is 1. The zero-order chi connectivity index (χ0) is 12.6. The Kier molecular flexibility index (Phi) is 3.15. The zero-order valence-electron chi connectivity index (χ0n) is 8.92. The Labute approximate surface area is 105 Å². The van der Waals surface area contributed by atoms with Crippen LogP contribution in [-0.4, -0.2) is 18.5 Å². The molecular weight excluding hydrogens is 293 g/mol. The van der Waals surface area contributed by atoms with Gasteiger partial charge < -0.3 is 10.1 Å². The van der Waals surface area contributed by atoms with Gasteiger partial charge in [-0.15, -0.1) is 0 Å². The largest absolute Gasteiger partial charge is 0.465 e. The number of halogens is 2. The Morgan fingerprint density at radius 1 is 1.59 bits per heavy atom. The fourth-order valence-electron chi connectivity index (χ4n) is 1.75. The zero-order valence-corrected chi connectivity index (χ0v) is 10.5. The van der Waals surface area contributed by atoms with Crippen LogP contribution in [0.2, 0.25) is 0 Å². The third-order valence-electron chi connectivity index (χ3n) is 2.46. The van der Waals surface area contributed by atoms with Gasteiger partial charge in [0.15, 0.2) is 5.92 Å². The first kappa shape index (κ1) is 12.0. The van der Waals surface area contributed by atoms with E-state index in [9.17, 15) is 14.0 Å². The smallest absolute Gasteiger partial charge is 0.323 e. The standard InChI is InChI=1S/C11H9BrFNO3/c1-2-17-11(16)8-7-5(12)3-4-6(13)9(7)14-10(8)15/h3-4,8H,2H2,1H3,(H,14,15). The summed E-state index contributed by atoms with van der Waals surface area (Å²) in [5.74, 6) is -2.90. The molecule has 17 heavy (non-hydrogen) atoms. The topological polar surface area (TPSA) is 55.4 Å². The molecule has 1 atom stereocenters. The fourth-order valence-corrected chi connectivity index (χ4v) is 2.31. The van der Waals surface area contributed by atoms with Crippen molar-refractivity contribution in [1.29, 1.82) is 0 Å². The average molecular weight is 302 g/mol. The van der Waals surface area contributed by atoms with Gasteiger partial charge in [0.1, 0.15) is 5.82 Å². The monoisotopic (exact) mass is 301 g/mol. The van der Waals surface area contributed by atoms with E-state index in [1.165, 1.54) is 12.1 Å². The number of carbonyl (C=O) groups excluding carboxylic acids is 2. The maximum Gasteiger partial charge on any atom is 0.323 e. The lowest BCUT2D eigenvalue weighted by atomic mass is 10.0. The molecule has 1 aliphatic rings. The summed E-state index contributed by atoms with van der Waals surface area (Å²) in [6.45, 7) is 1.82. The number of hydrogen-bond donors (Lipinski definition) is 1. The number of fused-ring (bicyclic) bond motifs is 1. The van der Waals surface area contributed by atoms with Crippen molar-refractivity contribution in [2.24, 2.45) is 0 Å². The summed E-state index contributed by atoms with van der Waals surface area (Å²) in [7, 11) is 0. The van der Waals surface area contributed by atoms with Crippen molar-refractivity contribution in [2.45, 2.75) is 12.8 Å². The summed E-state index contributed by atoms with van der Waals surface area (Å²) in [5, 5.41) is 2.35. The molecule has 4 nitrogen and oxygen atoms in total. The van der Waals surface area contributed by atoms with Crippen LogP contribution in [0, 0.1) is 5.82 Å². The van der Waals surface area contributed by atoms with Gasteiger partial charge in [0, 0.05) is 10.0 Å². The van der Waals surface area contributed by atoms with E-state index < -0.39 is 23.6 Å². The van der Waals surface area contributed by atoms with Gasteiger partial charge in [0.25, 0.3) is 0 Å². The highest BCUT2D eigenvalue weighted by Gasteiger charge is 2.40. The molecule has 90 valence electrons. The summed E-state index contributed by atoms with van der Waals surface area (Å²) in [4.78, 5) is 23.3. The Morgan fingerprint density at radius 3 is 2.94 bits per heavy atom. The second-order valence-electron chi connectivity index (χ2n) is 3.49. The predicted molar refractivity (Wildman–Crippen MR) is 62.1 cm³/mol. The number of ether oxygens (including phenoxy) is 1. The Hall–Kier alpha value is -1.43. The highest BCUT2D eigenvalue weighted by molar-refractivity contribution is 9.10. The number of esters is 1. The lowest BCUT2D eigenvalue weighted by molar-refractivity contribution is -0.147. The van der Waals surface area contributed by atoms with Crippen LogP contribution in [-0.2, 0) is 14.3 Å². The summed E-state index contributed by atoms with van der Waals surface area (Å²) < 4.78 is 18.8. The van der Waals surface area contributed by atoms with Crippen molar-refractivity contribution >= 4 is 33.5 Å². The lowest BCUT2D eigenvalue weighted by Gasteiger charge is -2.09. The summed E-state index contributed by atoms with van der Waals surface area (Å²) in [6.07, 6.45) is 0. The van der Waals surface area contributed by atoms with Crippen LogP contribution in [0.25, 0.3) is 0 Å². The van der Waals surface area contributed by atoms with Gasteiger partial charge in [-0.2, -0.15) is 0 Å². The third kappa shape index (κ3) is 1.93.